The highest BCUT2D eigenvalue weighted by molar-refractivity contribution is 6.34. The van der Waals surface area contributed by atoms with Gasteiger partial charge in [0.1, 0.15) is 0 Å². The van der Waals surface area contributed by atoms with E-state index in [4.69, 9.17) is 11.6 Å². The summed E-state index contributed by atoms with van der Waals surface area (Å²) in [4.78, 5) is 17.2. The molecule has 1 aliphatic rings. The van der Waals surface area contributed by atoms with Crippen LogP contribution in [0.25, 0.3) is 11.1 Å². The molecule has 4 nitrogen and oxygen atoms in total. The van der Waals surface area contributed by atoms with E-state index in [0.29, 0.717) is 18.4 Å². The number of hydrogen-bond donors (Lipinski definition) is 2. The van der Waals surface area contributed by atoms with E-state index in [-0.39, 0.29) is 5.56 Å². The van der Waals surface area contributed by atoms with Crippen molar-refractivity contribution in [3.63, 3.8) is 0 Å². The van der Waals surface area contributed by atoms with Crippen molar-refractivity contribution in [1.29, 1.82) is 0 Å². The van der Waals surface area contributed by atoms with Gasteiger partial charge in [0.15, 0.2) is 0 Å². The van der Waals surface area contributed by atoms with E-state index >= 15 is 0 Å². The Morgan fingerprint density at radius 2 is 1.76 bits per heavy atom. The monoisotopic (exact) mass is 474 g/mol. The van der Waals surface area contributed by atoms with Crippen molar-refractivity contribution < 1.29 is 23.1 Å². The first-order valence-electron chi connectivity index (χ1n) is 10.6. The highest BCUT2D eigenvalue weighted by Crippen LogP contribution is 2.41. The lowest BCUT2D eigenvalue weighted by Crippen LogP contribution is -2.44. The van der Waals surface area contributed by atoms with Crippen LogP contribution in [0.4, 0.5) is 13.2 Å². The van der Waals surface area contributed by atoms with Crippen LogP contribution in [0.15, 0.2) is 67.0 Å². The number of aliphatic hydroxyl groups is 1. The number of nitrogens with zero attached hydrogens (tertiary/aromatic N) is 1. The topological polar surface area (TPSA) is 62.2 Å². The number of alkyl halides is 3. The quantitative estimate of drug-likeness (QED) is 0.463. The number of halogens is 4. The van der Waals surface area contributed by atoms with E-state index in [1.54, 1.807) is 24.5 Å². The molecule has 2 N–H and O–H groups in total. The Hall–Kier alpha value is -2.90. The number of rotatable bonds is 5. The van der Waals surface area contributed by atoms with Crippen molar-refractivity contribution in [1.82, 2.24) is 10.3 Å². The first-order valence-corrected chi connectivity index (χ1v) is 11.0. The molecule has 0 radical (unpaired) electrons. The van der Waals surface area contributed by atoms with Crippen molar-refractivity contribution in [2.75, 3.05) is 0 Å². The van der Waals surface area contributed by atoms with E-state index in [9.17, 15) is 23.1 Å². The van der Waals surface area contributed by atoms with Crippen LogP contribution in [0.3, 0.4) is 0 Å². The molecule has 172 valence electrons. The number of hydrogen-bond acceptors (Lipinski definition) is 3. The predicted octanol–water partition coefficient (Wildman–Crippen LogP) is 6.20. The van der Waals surface area contributed by atoms with Crippen LogP contribution in [-0.2, 0) is 6.18 Å². The Morgan fingerprint density at radius 1 is 1.06 bits per heavy atom. The maximum atomic E-state index is 13.3. The van der Waals surface area contributed by atoms with Crippen LogP contribution in [-0.4, -0.2) is 21.6 Å². The summed E-state index contributed by atoms with van der Waals surface area (Å²) in [5, 5.41) is 13.5. The van der Waals surface area contributed by atoms with Crippen LogP contribution in [0, 0.1) is 0 Å². The summed E-state index contributed by atoms with van der Waals surface area (Å²) >= 11 is 5.97. The van der Waals surface area contributed by atoms with Gasteiger partial charge in [0, 0.05) is 12.4 Å². The molecule has 1 fully saturated rings. The van der Waals surface area contributed by atoms with Gasteiger partial charge in [-0.3, -0.25) is 9.78 Å². The maximum Gasteiger partial charge on any atom is 0.417 e. The zero-order valence-corrected chi connectivity index (χ0v) is 18.3. The summed E-state index contributed by atoms with van der Waals surface area (Å²) in [7, 11) is 0. The summed E-state index contributed by atoms with van der Waals surface area (Å²) in [6, 6.07) is 13.4. The summed E-state index contributed by atoms with van der Waals surface area (Å²) in [5.74, 6) is -0.775. The van der Waals surface area contributed by atoms with E-state index < -0.39 is 34.3 Å². The van der Waals surface area contributed by atoms with Gasteiger partial charge >= 0.3 is 6.18 Å². The second kappa shape index (κ2) is 9.15. The Kier molecular flexibility index (Phi) is 6.45. The van der Waals surface area contributed by atoms with Crippen molar-refractivity contribution in [3.05, 3.63) is 88.7 Å². The molecule has 2 aromatic carbocycles. The molecule has 4 rings (SSSR count). The molecule has 1 amide bonds. The highest BCUT2D eigenvalue weighted by Gasteiger charge is 2.42. The molecule has 1 heterocycles. The number of benzene rings is 2. The highest BCUT2D eigenvalue weighted by atomic mass is 35.5. The number of amides is 1. The van der Waals surface area contributed by atoms with Crippen molar-refractivity contribution in [2.24, 2.45) is 0 Å². The molecule has 0 aliphatic heterocycles. The lowest BCUT2D eigenvalue weighted by atomic mass is 9.85. The van der Waals surface area contributed by atoms with E-state index in [1.165, 1.54) is 6.07 Å². The van der Waals surface area contributed by atoms with E-state index in [2.05, 4.69) is 10.3 Å². The molecular formula is C25H22ClF3N2O2. The average Bonchev–Trinajstić information content (AvgIpc) is 3.24. The van der Waals surface area contributed by atoms with Crippen molar-refractivity contribution in [3.8, 4) is 11.1 Å². The summed E-state index contributed by atoms with van der Waals surface area (Å²) in [6.07, 6.45) is 1.19. The third kappa shape index (κ3) is 4.89. The molecule has 3 aromatic rings. The van der Waals surface area contributed by atoms with Gasteiger partial charge in [-0.1, -0.05) is 54.8 Å². The van der Waals surface area contributed by atoms with Gasteiger partial charge < -0.3 is 10.4 Å². The second-order valence-corrected chi connectivity index (χ2v) is 8.63. The van der Waals surface area contributed by atoms with Gasteiger partial charge in [-0.25, -0.2) is 0 Å². The Morgan fingerprint density at radius 3 is 2.42 bits per heavy atom. The van der Waals surface area contributed by atoms with Gasteiger partial charge in [-0.15, -0.1) is 0 Å². The summed E-state index contributed by atoms with van der Waals surface area (Å²) in [5.41, 5.74) is -0.232. The zero-order chi connectivity index (χ0) is 23.6. The third-order valence-corrected chi connectivity index (χ3v) is 6.45. The molecular weight excluding hydrogens is 453 g/mol. The largest absolute Gasteiger partial charge is 0.417 e. The van der Waals surface area contributed by atoms with Gasteiger partial charge in [0.25, 0.3) is 5.91 Å². The third-order valence-electron chi connectivity index (χ3n) is 6.05. The van der Waals surface area contributed by atoms with Gasteiger partial charge in [-0.05, 0) is 53.8 Å². The van der Waals surface area contributed by atoms with E-state index in [1.807, 2.05) is 24.3 Å². The molecule has 1 unspecified atom stereocenters. The average molecular weight is 475 g/mol. The van der Waals surface area contributed by atoms with Gasteiger partial charge in [0.2, 0.25) is 0 Å². The molecule has 0 bridgehead atoms. The number of pyridine rings is 1. The van der Waals surface area contributed by atoms with Gasteiger partial charge in [0.05, 0.1) is 27.8 Å². The van der Waals surface area contributed by atoms with Crippen molar-refractivity contribution in [2.45, 2.75) is 43.5 Å². The molecule has 1 aromatic heterocycles. The summed E-state index contributed by atoms with van der Waals surface area (Å²) < 4.78 is 39.8. The molecule has 0 spiro atoms. The van der Waals surface area contributed by atoms with Crippen LogP contribution in [0.5, 0.6) is 0 Å². The molecule has 1 aliphatic carbocycles. The van der Waals surface area contributed by atoms with Crippen LogP contribution < -0.4 is 5.32 Å². The lowest BCUT2D eigenvalue weighted by molar-refractivity contribution is -0.137. The number of aromatic nitrogens is 1. The van der Waals surface area contributed by atoms with E-state index in [0.717, 1.165) is 36.1 Å². The first kappa shape index (κ1) is 23.3. The molecule has 1 saturated carbocycles. The number of carbonyl (C=O) groups is 1. The SMILES string of the molecule is O=C(NC(c1cccc(-c2cccnc2)c1)C1(O)CCCC1)c1cccc(C(F)(F)F)c1Cl. The smallest absolute Gasteiger partial charge is 0.387 e. The minimum absolute atomic E-state index is 0.290. The molecule has 33 heavy (non-hydrogen) atoms. The predicted molar refractivity (Wildman–Crippen MR) is 120 cm³/mol. The fourth-order valence-electron chi connectivity index (χ4n) is 4.37. The molecule has 1 atom stereocenters. The Bertz CT molecular complexity index is 1150. The standard InChI is InChI=1S/C25H22ClF3N2O2/c26-21-19(9-4-10-20(21)25(27,28)29)23(32)31-22(24(33)11-1-2-12-24)17-7-3-6-16(14-17)18-8-5-13-30-15-18/h3-10,13-15,22,33H,1-2,11-12H2,(H,31,32). The fourth-order valence-corrected chi connectivity index (χ4v) is 4.69. The van der Waals surface area contributed by atoms with Gasteiger partial charge in [-0.2, -0.15) is 13.2 Å². The molecule has 8 heteroatoms. The Balaban J connectivity index is 1.71. The normalized spacial score (nSPS) is 16.4. The zero-order valence-electron chi connectivity index (χ0n) is 17.6. The minimum atomic E-state index is -4.69. The lowest BCUT2D eigenvalue weighted by Gasteiger charge is -2.34. The fraction of sp³-hybridized carbons (Fsp3) is 0.280. The van der Waals surface area contributed by atoms with Crippen LogP contribution in [0.1, 0.15) is 53.2 Å². The Labute approximate surface area is 194 Å². The number of carbonyl (C=O) groups excluding carboxylic acids is 1. The second-order valence-electron chi connectivity index (χ2n) is 8.25. The van der Waals surface area contributed by atoms with Crippen LogP contribution >= 0.6 is 11.6 Å². The summed E-state index contributed by atoms with van der Waals surface area (Å²) in [6.45, 7) is 0. The first-order chi connectivity index (χ1) is 15.7. The maximum absolute atomic E-state index is 13.3. The minimum Gasteiger partial charge on any atom is -0.387 e. The van der Waals surface area contributed by atoms with Crippen molar-refractivity contribution >= 4 is 17.5 Å². The number of nitrogens with one attached hydrogen (secondary N) is 1. The molecule has 0 saturated heterocycles. The van der Waals surface area contributed by atoms with Crippen LogP contribution in [0.2, 0.25) is 5.02 Å².